The molecule has 2 aromatic carbocycles. The van der Waals surface area contributed by atoms with Crippen LogP contribution in [-0.4, -0.2) is 42.5 Å². The van der Waals surface area contributed by atoms with Crippen molar-refractivity contribution in [2.24, 2.45) is 5.73 Å². The van der Waals surface area contributed by atoms with Crippen LogP contribution in [0.4, 0.5) is 22.0 Å². The van der Waals surface area contributed by atoms with Crippen LogP contribution in [0.5, 0.6) is 5.75 Å². The average molecular weight is 545 g/mol. The van der Waals surface area contributed by atoms with Gasteiger partial charge in [0.25, 0.3) is 11.8 Å². The highest BCUT2D eigenvalue weighted by atomic mass is 35.5. The number of urea groups is 1. The standard InChI is InChI=1S/C25H26Cl2N6O4/c1-2-29-25(36)32-20-6-3-5-17(22(20)37-12-4-11-28)23(34)31-19-9-7-15(26)13-18(19)24(35)33-21-10-8-16(27)14-30-21/h3,5-10,13-14H,2,4,11-12,28H2,1H3,(H,31,34)(H2,29,32,36)(H,30,33,35). The van der Waals surface area contributed by atoms with E-state index in [4.69, 9.17) is 33.7 Å². The van der Waals surface area contributed by atoms with Gasteiger partial charge in [-0.1, -0.05) is 29.3 Å². The van der Waals surface area contributed by atoms with E-state index in [1.165, 1.54) is 18.3 Å². The van der Waals surface area contributed by atoms with Crippen LogP contribution in [-0.2, 0) is 0 Å². The molecule has 0 spiro atoms. The van der Waals surface area contributed by atoms with E-state index in [1.54, 1.807) is 43.3 Å². The zero-order valence-electron chi connectivity index (χ0n) is 19.9. The van der Waals surface area contributed by atoms with Gasteiger partial charge in [-0.2, -0.15) is 0 Å². The number of pyridine rings is 1. The molecule has 10 nitrogen and oxygen atoms in total. The van der Waals surface area contributed by atoms with Crippen molar-refractivity contribution in [2.75, 3.05) is 35.6 Å². The molecule has 0 radical (unpaired) electrons. The second-order valence-corrected chi connectivity index (χ2v) is 8.49. The number of nitrogens with zero attached hydrogens (tertiary/aromatic N) is 1. The van der Waals surface area contributed by atoms with Gasteiger partial charge in [-0.25, -0.2) is 9.78 Å². The number of halogens is 2. The Morgan fingerprint density at radius 2 is 1.68 bits per heavy atom. The van der Waals surface area contributed by atoms with Gasteiger partial charge in [0.1, 0.15) is 5.82 Å². The molecule has 0 aliphatic carbocycles. The molecule has 1 aromatic heterocycles. The van der Waals surface area contributed by atoms with Crippen LogP contribution >= 0.6 is 23.2 Å². The molecule has 3 rings (SSSR count). The van der Waals surface area contributed by atoms with Crippen molar-refractivity contribution in [2.45, 2.75) is 13.3 Å². The molecule has 0 aliphatic rings. The first-order chi connectivity index (χ1) is 17.8. The maximum Gasteiger partial charge on any atom is 0.319 e. The summed E-state index contributed by atoms with van der Waals surface area (Å²) in [6, 6.07) is 11.9. The van der Waals surface area contributed by atoms with E-state index in [1.807, 2.05) is 0 Å². The summed E-state index contributed by atoms with van der Waals surface area (Å²) in [4.78, 5) is 42.5. The van der Waals surface area contributed by atoms with Gasteiger partial charge in [0.05, 0.1) is 34.1 Å². The molecule has 37 heavy (non-hydrogen) atoms. The number of nitrogens with two attached hydrogens (primary N) is 1. The molecule has 4 amide bonds. The number of carbonyl (C=O) groups is 3. The van der Waals surface area contributed by atoms with Gasteiger partial charge in [-0.3, -0.25) is 9.59 Å². The van der Waals surface area contributed by atoms with Crippen molar-refractivity contribution < 1.29 is 19.1 Å². The molecule has 0 saturated carbocycles. The summed E-state index contributed by atoms with van der Waals surface area (Å²) in [5, 5.41) is 11.4. The average Bonchev–Trinajstić information content (AvgIpc) is 2.87. The summed E-state index contributed by atoms with van der Waals surface area (Å²) in [7, 11) is 0. The summed E-state index contributed by atoms with van der Waals surface area (Å²) >= 11 is 12.0. The lowest BCUT2D eigenvalue weighted by Crippen LogP contribution is -2.28. The minimum absolute atomic E-state index is 0.111. The number of nitrogens with one attached hydrogen (secondary N) is 4. The number of hydrogen-bond donors (Lipinski definition) is 5. The normalized spacial score (nSPS) is 10.4. The number of aromatic nitrogens is 1. The third-order valence-corrected chi connectivity index (χ3v) is 5.34. The molecular weight excluding hydrogens is 519 g/mol. The Kier molecular flexibility index (Phi) is 10.1. The molecule has 0 fully saturated rings. The van der Waals surface area contributed by atoms with Crippen molar-refractivity contribution in [3.05, 3.63) is 75.9 Å². The molecule has 194 valence electrons. The number of rotatable bonds is 10. The van der Waals surface area contributed by atoms with Crippen molar-refractivity contribution in [3.8, 4) is 5.75 Å². The molecule has 6 N–H and O–H groups in total. The molecule has 0 aliphatic heterocycles. The van der Waals surface area contributed by atoms with Gasteiger partial charge in [-0.05, 0) is 62.4 Å². The van der Waals surface area contributed by atoms with Crippen LogP contribution in [0.25, 0.3) is 0 Å². The highest BCUT2D eigenvalue weighted by molar-refractivity contribution is 6.31. The first-order valence-corrected chi connectivity index (χ1v) is 12.1. The number of anilines is 3. The highest BCUT2D eigenvalue weighted by Crippen LogP contribution is 2.31. The summed E-state index contributed by atoms with van der Waals surface area (Å²) in [6.45, 7) is 2.82. The maximum absolute atomic E-state index is 13.4. The Labute approximate surface area is 223 Å². The van der Waals surface area contributed by atoms with E-state index in [0.29, 0.717) is 35.2 Å². The number of hydrogen-bond acceptors (Lipinski definition) is 6. The number of para-hydroxylation sites is 1. The van der Waals surface area contributed by atoms with Crippen molar-refractivity contribution in [1.82, 2.24) is 10.3 Å². The van der Waals surface area contributed by atoms with Crippen LogP contribution in [0.2, 0.25) is 10.0 Å². The number of carbonyl (C=O) groups excluding carboxylic acids is 3. The lowest BCUT2D eigenvalue weighted by atomic mass is 10.1. The van der Waals surface area contributed by atoms with E-state index in [-0.39, 0.29) is 35.0 Å². The summed E-state index contributed by atoms with van der Waals surface area (Å²) in [5.74, 6) is -0.668. The fourth-order valence-electron chi connectivity index (χ4n) is 3.19. The SMILES string of the molecule is CCNC(=O)Nc1cccc(C(=O)Nc2ccc(Cl)cc2C(=O)Nc2ccc(Cl)cn2)c1OCCCN. The maximum atomic E-state index is 13.4. The summed E-state index contributed by atoms with van der Waals surface area (Å²) in [6.07, 6.45) is 1.93. The van der Waals surface area contributed by atoms with E-state index >= 15 is 0 Å². The Bertz CT molecular complexity index is 1270. The summed E-state index contributed by atoms with van der Waals surface area (Å²) in [5.41, 5.74) is 6.34. The smallest absolute Gasteiger partial charge is 0.319 e. The number of benzene rings is 2. The van der Waals surface area contributed by atoms with Crippen molar-refractivity contribution in [1.29, 1.82) is 0 Å². The second-order valence-electron chi connectivity index (χ2n) is 7.62. The first-order valence-electron chi connectivity index (χ1n) is 11.4. The lowest BCUT2D eigenvalue weighted by Gasteiger charge is -2.17. The van der Waals surface area contributed by atoms with Crippen LogP contribution in [0, 0.1) is 0 Å². The van der Waals surface area contributed by atoms with Gasteiger partial charge in [0.15, 0.2) is 5.75 Å². The number of ether oxygens (including phenoxy) is 1. The zero-order chi connectivity index (χ0) is 26.8. The quantitative estimate of drug-likeness (QED) is 0.232. The van der Waals surface area contributed by atoms with Crippen molar-refractivity contribution in [3.63, 3.8) is 0 Å². The van der Waals surface area contributed by atoms with Gasteiger partial charge >= 0.3 is 6.03 Å². The fraction of sp³-hybridized carbons (Fsp3) is 0.200. The third kappa shape index (κ3) is 7.81. The van der Waals surface area contributed by atoms with Crippen LogP contribution < -0.4 is 31.7 Å². The molecule has 0 saturated heterocycles. The Balaban J connectivity index is 1.90. The largest absolute Gasteiger partial charge is 0.491 e. The molecule has 0 bridgehead atoms. The summed E-state index contributed by atoms with van der Waals surface area (Å²) < 4.78 is 5.83. The highest BCUT2D eigenvalue weighted by Gasteiger charge is 2.21. The third-order valence-electron chi connectivity index (χ3n) is 4.88. The minimum Gasteiger partial charge on any atom is -0.491 e. The topological polar surface area (TPSA) is 147 Å². The van der Waals surface area contributed by atoms with Gasteiger partial charge in [0, 0.05) is 17.8 Å². The minimum atomic E-state index is -0.566. The van der Waals surface area contributed by atoms with E-state index in [0.717, 1.165) is 0 Å². The van der Waals surface area contributed by atoms with Crippen LogP contribution in [0.15, 0.2) is 54.7 Å². The molecule has 0 unspecified atom stereocenters. The Morgan fingerprint density at radius 3 is 2.38 bits per heavy atom. The first kappa shape index (κ1) is 27.7. The van der Waals surface area contributed by atoms with E-state index < -0.39 is 17.8 Å². The van der Waals surface area contributed by atoms with Gasteiger partial charge < -0.3 is 31.7 Å². The molecule has 12 heteroatoms. The van der Waals surface area contributed by atoms with Crippen LogP contribution in [0.3, 0.4) is 0 Å². The van der Waals surface area contributed by atoms with Gasteiger partial charge in [0.2, 0.25) is 0 Å². The van der Waals surface area contributed by atoms with Crippen molar-refractivity contribution >= 4 is 58.2 Å². The molecule has 3 aromatic rings. The Hall–Kier alpha value is -3.86. The van der Waals surface area contributed by atoms with Gasteiger partial charge in [-0.15, -0.1) is 0 Å². The molecule has 0 atom stereocenters. The lowest BCUT2D eigenvalue weighted by molar-refractivity contribution is 0.102. The number of amides is 4. The monoisotopic (exact) mass is 544 g/mol. The predicted molar refractivity (Wildman–Crippen MR) is 145 cm³/mol. The second kappa shape index (κ2) is 13.4. The zero-order valence-corrected chi connectivity index (χ0v) is 21.4. The van der Waals surface area contributed by atoms with E-state index in [9.17, 15) is 14.4 Å². The van der Waals surface area contributed by atoms with Crippen LogP contribution in [0.1, 0.15) is 34.1 Å². The molecule has 1 heterocycles. The molecular formula is C25H26Cl2N6O4. The predicted octanol–water partition coefficient (Wildman–Crippen LogP) is 4.76. The van der Waals surface area contributed by atoms with E-state index in [2.05, 4.69) is 26.3 Å². The Morgan fingerprint density at radius 1 is 0.919 bits per heavy atom. The fourth-order valence-corrected chi connectivity index (χ4v) is 3.47.